The molecule has 1 aliphatic carbocycles. The van der Waals surface area contributed by atoms with Crippen molar-refractivity contribution in [2.75, 3.05) is 0 Å². The number of aliphatic hydroxyl groups excluding tert-OH is 1. The molecule has 2 rings (SSSR count). The molecule has 112 valence electrons. The van der Waals surface area contributed by atoms with Gasteiger partial charge < -0.3 is 10.2 Å². The van der Waals surface area contributed by atoms with Gasteiger partial charge >= 0.3 is 0 Å². The van der Waals surface area contributed by atoms with Gasteiger partial charge in [0.2, 0.25) is 0 Å². The lowest BCUT2D eigenvalue weighted by Gasteiger charge is -2.38. The van der Waals surface area contributed by atoms with Crippen LogP contribution in [0.1, 0.15) is 52.0 Å². The third-order valence-electron chi connectivity index (χ3n) is 4.92. The lowest BCUT2D eigenvalue weighted by atomic mass is 9.68. The van der Waals surface area contributed by atoms with E-state index in [1.54, 1.807) is 12.1 Å². The molecule has 0 saturated heterocycles. The van der Waals surface area contributed by atoms with Gasteiger partial charge in [0.25, 0.3) is 0 Å². The summed E-state index contributed by atoms with van der Waals surface area (Å²) >= 11 is 0. The average molecular weight is 276 g/mol. The lowest BCUT2D eigenvalue weighted by Crippen LogP contribution is -2.31. The molecular formula is C18H28O2. The summed E-state index contributed by atoms with van der Waals surface area (Å²) in [7, 11) is 0. The Labute approximate surface area is 122 Å². The Hall–Kier alpha value is -1.02. The fourth-order valence-corrected chi connectivity index (χ4v) is 3.41. The molecule has 0 radical (unpaired) electrons. The summed E-state index contributed by atoms with van der Waals surface area (Å²) in [6.07, 6.45) is 5.20. The van der Waals surface area contributed by atoms with E-state index in [1.807, 2.05) is 12.1 Å². The molecule has 2 N–H and O–H groups in total. The largest absolute Gasteiger partial charge is 0.508 e. The molecule has 2 heteroatoms. The highest BCUT2D eigenvalue weighted by Gasteiger charge is 2.32. The molecule has 1 aromatic carbocycles. The summed E-state index contributed by atoms with van der Waals surface area (Å²) in [6.45, 7) is 6.97. The summed E-state index contributed by atoms with van der Waals surface area (Å²) in [6, 6.07) is 7.19. The standard InChI is InChI=1S/C18H28O2/c1-18(2,3)15-8-6-14(7-9-15)17(20)12-13-4-10-16(19)11-5-13/h4-5,10-11,14-15,17,19-20H,6-9,12H2,1-3H3. The van der Waals surface area contributed by atoms with Gasteiger partial charge in [-0.25, -0.2) is 0 Å². The van der Waals surface area contributed by atoms with Crippen molar-refractivity contribution < 1.29 is 10.2 Å². The summed E-state index contributed by atoms with van der Waals surface area (Å²) in [4.78, 5) is 0. The zero-order valence-electron chi connectivity index (χ0n) is 13.0. The number of hydrogen-bond acceptors (Lipinski definition) is 2. The molecule has 1 aliphatic rings. The first-order valence-electron chi connectivity index (χ1n) is 7.82. The molecule has 20 heavy (non-hydrogen) atoms. The van der Waals surface area contributed by atoms with E-state index in [4.69, 9.17) is 0 Å². The predicted octanol–water partition coefficient (Wildman–Crippen LogP) is 4.15. The van der Waals surface area contributed by atoms with Crippen molar-refractivity contribution >= 4 is 0 Å². The van der Waals surface area contributed by atoms with Crippen LogP contribution in [0.15, 0.2) is 24.3 Å². The van der Waals surface area contributed by atoms with Crippen LogP contribution in [-0.4, -0.2) is 16.3 Å². The van der Waals surface area contributed by atoms with E-state index in [0.29, 0.717) is 17.8 Å². The van der Waals surface area contributed by atoms with Gasteiger partial charge in [-0.1, -0.05) is 32.9 Å². The summed E-state index contributed by atoms with van der Waals surface area (Å²) in [5, 5.41) is 19.7. The van der Waals surface area contributed by atoms with Crippen LogP contribution in [0.2, 0.25) is 0 Å². The van der Waals surface area contributed by atoms with E-state index in [1.165, 1.54) is 12.8 Å². The molecule has 0 spiro atoms. The Morgan fingerprint density at radius 2 is 1.60 bits per heavy atom. The Kier molecular flexibility index (Phi) is 4.74. The minimum atomic E-state index is -0.250. The van der Waals surface area contributed by atoms with Gasteiger partial charge in [-0.05, 0) is 67.1 Å². The highest BCUT2D eigenvalue weighted by Crippen LogP contribution is 2.41. The Balaban J connectivity index is 1.85. The Morgan fingerprint density at radius 1 is 1.05 bits per heavy atom. The molecule has 0 bridgehead atoms. The van der Waals surface area contributed by atoms with Crippen LogP contribution in [0, 0.1) is 17.3 Å². The molecule has 1 saturated carbocycles. The van der Waals surface area contributed by atoms with Crippen molar-refractivity contribution in [3.63, 3.8) is 0 Å². The Bertz CT molecular complexity index is 408. The maximum atomic E-state index is 10.4. The van der Waals surface area contributed by atoms with E-state index in [2.05, 4.69) is 20.8 Å². The SMILES string of the molecule is CC(C)(C)C1CCC(C(O)Cc2ccc(O)cc2)CC1. The monoisotopic (exact) mass is 276 g/mol. The van der Waals surface area contributed by atoms with Crippen LogP contribution in [0.3, 0.4) is 0 Å². The second-order valence-electron chi connectivity index (χ2n) is 7.42. The number of benzene rings is 1. The van der Waals surface area contributed by atoms with Crippen molar-refractivity contribution in [3.8, 4) is 5.75 Å². The molecule has 1 atom stereocenters. The van der Waals surface area contributed by atoms with Crippen LogP contribution in [0.5, 0.6) is 5.75 Å². The van der Waals surface area contributed by atoms with E-state index >= 15 is 0 Å². The van der Waals surface area contributed by atoms with E-state index in [0.717, 1.165) is 24.3 Å². The van der Waals surface area contributed by atoms with Crippen molar-refractivity contribution in [1.82, 2.24) is 0 Å². The zero-order chi connectivity index (χ0) is 14.8. The first-order valence-corrected chi connectivity index (χ1v) is 7.82. The smallest absolute Gasteiger partial charge is 0.115 e. The van der Waals surface area contributed by atoms with Gasteiger partial charge in [0.05, 0.1) is 6.10 Å². The highest BCUT2D eigenvalue weighted by atomic mass is 16.3. The quantitative estimate of drug-likeness (QED) is 0.870. The van der Waals surface area contributed by atoms with Gasteiger partial charge in [-0.15, -0.1) is 0 Å². The van der Waals surface area contributed by atoms with Crippen LogP contribution >= 0.6 is 0 Å². The number of rotatable bonds is 3. The molecule has 0 aromatic heterocycles. The minimum absolute atomic E-state index is 0.250. The summed E-state index contributed by atoms with van der Waals surface area (Å²) < 4.78 is 0. The molecule has 0 aliphatic heterocycles. The maximum Gasteiger partial charge on any atom is 0.115 e. The van der Waals surface area contributed by atoms with Crippen molar-refractivity contribution in [1.29, 1.82) is 0 Å². The first kappa shape index (κ1) is 15.4. The molecule has 0 amide bonds. The topological polar surface area (TPSA) is 40.5 Å². The van der Waals surface area contributed by atoms with Crippen molar-refractivity contribution in [3.05, 3.63) is 29.8 Å². The Morgan fingerprint density at radius 3 is 2.10 bits per heavy atom. The second-order valence-corrected chi connectivity index (χ2v) is 7.42. The maximum absolute atomic E-state index is 10.4. The molecule has 0 heterocycles. The van der Waals surface area contributed by atoms with Gasteiger partial charge in [-0.2, -0.15) is 0 Å². The first-order chi connectivity index (χ1) is 9.36. The molecular weight excluding hydrogens is 248 g/mol. The van der Waals surface area contributed by atoms with Crippen LogP contribution in [0.25, 0.3) is 0 Å². The van der Waals surface area contributed by atoms with Crippen LogP contribution in [0.4, 0.5) is 0 Å². The third kappa shape index (κ3) is 3.99. The summed E-state index contributed by atoms with van der Waals surface area (Å²) in [5.41, 5.74) is 1.50. The average Bonchev–Trinajstić information content (AvgIpc) is 2.40. The van der Waals surface area contributed by atoms with Crippen LogP contribution < -0.4 is 0 Å². The van der Waals surface area contributed by atoms with Crippen molar-refractivity contribution in [2.24, 2.45) is 17.3 Å². The number of aliphatic hydroxyl groups is 1. The summed E-state index contributed by atoms with van der Waals surface area (Å²) in [5.74, 6) is 1.51. The molecule has 1 aromatic rings. The van der Waals surface area contributed by atoms with Gasteiger partial charge in [0, 0.05) is 0 Å². The van der Waals surface area contributed by atoms with Gasteiger partial charge in [0.15, 0.2) is 0 Å². The molecule has 2 nitrogen and oxygen atoms in total. The van der Waals surface area contributed by atoms with E-state index in [9.17, 15) is 10.2 Å². The number of aromatic hydroxyl groups is 1. The highest BCUT2D eigenvalue weighted by molar-refractivity contribution is 5.26. The minimum Gasteiger partial charge on any atom is -0.508 e. The lowest BCUT2D eigenvalue weighted by molar-refractivity contribution is 0.0537. The van der Waals surface area contributed by atoms with Gasteiger partial charge in [0.1, 0.15) is 5.75 Å². The zero-order valence-corrected chi connectivity index (χ0v) is 13.0. The third-order valence-corrected chi connectivity index (χ3v) is 4.92. The second kappa shape index (κ2) is 6.17. The normalized spacial score (nSPS) is 25.4. The molecule has 1 fully saturated rings. The van der Waals surface area contributed by atoms with Gasteiger partial charge in [-0.3, -0.25) is 0 Å². The van der Waals surface area contributed by atoms with E-state index < -0.39 is 0 Å². The van der Waals surface area contributed by atoms with E-state index in [-0.39, 0.29) is 11.9 Å². The number of phenols is 1. The fourth-order valence-electron chi connectivity index (χ4n) is 3.41. The fraction of sp³-hybridized carbons (Fsp3) is 0.667. The van der Waals surface area contributed by atoms with Crippen molar-refractivity contribution in [2.45, 2.75) is 59.0 Å². The molecule has 1 unspecified atom stereocenters. The predicted molar refractivity (Wildman–Crippen MR) is 82.7 cm³/mol. The number of hydrogen-bond donors (Lipinski definition) is 2. The van der Waals surface area contributed by atoms with Crippen LogP contribution in [-0.2, 0) is 6.42 Å². The number of phenolic OH excluding ortho intramolecular Hbond substituents is 1.